The van der Waals surface area contributed by atoms with Gasteiger partial charge in [-0.1, -0.05) is 124 Å². The third-order valence-electron chi connectivity index (χ3n) is 7.63. The fourth-order valence-corrected chi connectivity index (χ4v) is 4.84. The first kappa shape index (κ1) is 36.9. The van der Waals surface area contributed by atoms with E-state index in [1.54, 1.807) is 0 Å². The predicted molar refractivity (Wildman–Crippen MR) is 161 cm³/mol. The Labute approximate surface area is 237 Å². The van der Waals surface area contributed by atoms with E-state index >= 15 is 0 Å². The molecule has 5 nitrogen and oxygen atoms in total. The van der Waals surface area contributed by atoms with Crippen molar-refractivity contribution in [2.45, 2.75) is 162 Å². The molecule has 0 saturated heterocycles. The summed E-state index contributed by atoms with van der Waals surface area (Å²) in [6.07, 6.45) is 22.3. The van der Waals surface area contributed by atoms with Crippen molar-refractivity contribution in [1.29, 1.82) is 0 Å². The molecular weight excluding hydrogens is 474 g/mol. The van der Waals surface area contributed by atoms with Crippen molar-refractivity contribution in [3.8, 4) is 0 Å². The molecule has 0 amide bonds. The summed E-state index contributed by atoms with van der Waals surface area (Å²) < 4.78 is 11.8. The minimum absolute atomic E-state index is 0.0253. The molecule has 0 saturated carbocycles. The molecule has 0 fully saturated rings. The van der Waals surface area contributed by atoms with Crippen molar-refractivity contribution in [2.24, 2.45) is 11.8 Å². The molecule has 0 bridgehead atoms. The second-order valence-electron chi connectivity index (χ2n) is 11.8. The molecule has 0 spiro atoms. The first-order valence-corrected chi connectivity index (χ1v) is 16.4. The van der Waals surface area contributed by atoms with Gasteiger partial charge in [-0.25, -0.2) is 0 Å². The van der Waals surface area contributed by atoms with Gasteiger partial charge in [-0.3, -0.25) is 9.59 Å². The highest BCUT2D eigenvalue weighted by Gasteiger charge is 2.24. The van der Waals surface area contributed by atoms with Gasteiger partial charge in [-0.15, -0.1) is 0 Å². The van der Waals surface area contributed by atoms with Crippen LogP contribution in [0, 0.1) is 11.8 Å². The van der Waals surface area contributed by atoms with Crippen LogP contribution in [0.1, 0.15) is 156 Å². The Morgan fingerprint density at radius 1 is 0.605 bits per heavy atom. The standard InChI is InChI=1S/C33H65NO4/c1-7-10-13-16-17-19-21-24-30(23-20-18-14-11-8-2)33(36)37-28-31(25-22-15-12-9-3)38-32(35)29(4)26-27-34(5)6/h29-31H,7-28H2,1-6H3. The Hall–Kier alpha value is -1.10. The zero-order valence-corrected chi connectivity index (χ0v) is 26.4. The van der Waals surface area contributed by atoms with Crippen LogP contribution in [-0.2, 0) is 19.1 Å². The molecule has 226 valence electrons. The van der Waals surface area contributed by atoms with Gasteiger partial charge in [0.1, 0.15) is 12.7 Å². The number of carbonyl (C=O) groups excluding carboxylic acids is 2. The summed E-state index contributed by atoms with van der Waals surface area (Å²) in [6.45, 7) is 9.65. The van der Waals surface area contributed by atoms with Crippen molar-refractivity contribution in [1.82, 2.24) is 4.90 Å². The number of carbonyl (C=O) groups is 2. The molecule has 0 heterocycles. The maximum atomic E-state index is 13.2. The molecule has 0 aromatic heterocycles. The van der Waals surface area contributed by atoms with Gasteiger partial charge in [0.2, 0.25) is 0 Å². The quantitative estimate of drug-likeness (QED) is 0.0769. The van der Waals surface area contributed by atoms with Gasteiger partial charge in [0, 0.05) is 0 Å². The maximum Gasteiger partial charge on any atom is 0.309 e. The molecule has 0 rings (SSSR count). The number of rotatable bonds is 27. The van der Waals surface area contributed by atoms with E-state index in [9.17, 15) is 9.59 Å². The van der Waals surface area contributed by atoms with Crippen LogP contribution in [0.5, 0.6) is 0 Å². The van der Waals surface area contributed by atoms with E-state index in [0.29, 0.717) is 0 Å². The molecule has 38 heavy (non-hydrogen) atoms. The predicted octanol–water partition coefficient (Wildman–Crippen LogP) is 9.12. The lowest BCUT2D eigenvalue weighted by Gasteiger charge is -2.22. The Bertz CT molecular complexity index is 551. The van der Waals surface area contributed by atoms with E-state index in [-0.39, 0.29) is 36.5 Å². The molecule has 0 aliphatic carbocycles. The topological polar surface area (TPSA) is 55.8 Å². The second-order valence-corrected chi connectivity index (χ2v) is 11.8. The average Bonchev–Trinajstić information content (AvgIpc) is 2.90. The van der Waals surface area contributed by atoms with Crippen LogP contribution in [0.4, 0.5) is 0 Å². The van der Waals surface area contributed by atoms with Crippen molar-refractivity contribution < 1.29 is 19.1 Å². The summed E-state index contributed by atoms with van der Waals surface area (Å²) >= 11 is 0. The molecular formula is C33H65NO4. The van der Waals surface area contributed by atoms with Gasteiger partial charge in [0.25, 0.3) is 0 Å². The van der Waals surface area contributed by atoms with Gasteiger partial charge in [0.15, 0.2) is 0 Å². The van der Waals surface area contributed by atoms with Gasteiger partial charge in [-0.05, 0) is 52.7 Å². The van der Waals surface area contributed by atoms with Crippen molar-refractivity contribution in [3.63, 3.8) is 0 Å². The van der Waals surface area contributed by atoms with Gasteiger partial charge < -0.3 is 14.4 Å². The minimum Gasteiger partial charge on any atom is -0.462 e. The number of nitrogens with zero attached hydrogens (tertiary/aromatic N) is 1. The molecule has 0 aromatic rings. The highest BCUT2D eigenvalue weighted by Crippen LogP contribution is 2.22. The number of ether oxygens (including phenoxy) is 2. The number of hydrogen-bond donors (Lipinski definition) is 0. The molecule has 0 aromatic carbocycles. The van der Waals surface area contributed by atoms with E-state index in [2.05, 4.69) is 25.7 Å². The van der Waals surface area contributed by atoms with Crippen LogP contribution in [0.3, 0.4) is 0 Å². The highest BCUT2D eigenvalue weighted by atomic mass is 16.6. The molecule has 0 N–H and O–H groups in total. The summed E-state index contributed by atoms with van der Waals surface area (Å²) in [5.41, 5.74) is 0. The van der Waals surface area contributed by atoms with E-state index in [4.69, 9.17) is 9.47 Å². The normalized spacial score (nSPS) is 13.9. The minimum atomic E-state index is -0.339. The largest absolute Gasteiger partial charge is 0.462 e. The summed E-state index contributed by atoms with van der Waals surface area (Å²) in [5, 5.41) is 0. The van der Waals surface area contributed by atoms with Crippen molar-refractivity contribution >= 4 is 11.9 Å². The fraction of sp³-hybridized carbons (Fsp3) is 0.939. The monoisotopic (exact) mass is 539 g/mol. The van der Waals surface area contributed by atoms with E-state index in [0.717, 1.165) is 57.9 Å². The molecule has 0 aliphatic heterocycles. The van der Waals surface area contributed by atoms with E-state index < -0.39 is 0 Å². The lowest BCUT2D eigenvalue weighted by molar-refractivity contribution is -0.164. The lowest BCUT2D eigenvalue weighted by atomic mass is 9.94. The van der Waals surface area contributed by atoms with Gasteiger partial charge >= 0.3 is 11.9 Å². The van der Waals surface area contributed by atoms with Crippen LogP contribution in [0.2, 0.25) is 0 Å². The number of esters is 2. The third kappa shape index (κ3) is 21.8. The molecule has 5 heteroatoms. The Balaban J connectivity index is 4.88. The average molecular weight is 540 g/mol. The lowest BCUT2D eigenvalue weighted by Crippen LogP contribution is -2.30. The molecule has 3 unspecified atom stereocenters. The van der Waals surface area contributed by atoms with Crippen molar-refractivity contribution in [2.75, 3.05) is 27.2 Å². The zero-order chi connectivity index (χ0) is 28.4. The number of unbranched alkanes of at least 4 members (excludes halogenated alkanes) is 13. The summed E-state index contributed by atoms with van der Waals surface area (Å²) in [5.74, 6) is -0.428. The first-order valence-electron chi connectivity index (χ1n) is 16.4. The van der Waals surface area contributed by atoms with Gasteiger partial charge in [-0.2, -0.15) is 0 Å². The van der Waals surface area contributed by atoms with Crippen LogP contribution < -0.4 is 0 Å². The highest BCUT2D eigenvalue weighted by molar-refractivity contribution is 5.73. The van der Waals surface area contributed by atoms with Gasteiger partial charge in [0.05, 0.1) is 11.8 Å². The Kier molecular flexibility index (Phi) is 25.4. The molecule has 0 radical (unpaired) electrons. The van der Waals surface area contributed by atoms with E-state index in [1.165, 1.54) is 77.0 Å². The SMILES string of the molecule is CCCCCCCCCC(CCCCCCC)C(=O)OCC(CCCCCC)OC(=O)C(C)CCN(C)C. The van der Waals surface area contributed by atoms with Crippen LogP contribution in [0.15, 0.2) is 0 Å². The Morgan fingerprint density at radius 3 is 1.55 bits per heavy atom. The summed E-state index contributed by atoms with van der Waals surface area (Å²) in [6, 6.07) is 0. The van der Waals surface area contributed by atoms with Crippen LogP contribution in [0.25, 0.3) is 0 Å². The first-order chi connectivity index (χ1) is 18.3. The zero-order valence-electron chi connectivity index (χ0n) is 26.4. The number of hydrogen-bond acceptors (Lipinski definition) is 5. The molecule has 3 atom stereocenters. The maximum absolute atomic E-state index is 13.2. The van der Waals surface area contributed by atoms with Crippen LogP contribution >= 0.6 is 0 Å². The van der Waals surface area contributed by atoms with Crippen molar-refractivity contribution in [3.05, 3.63) is 0 Å². The van der Waals surface area contributed by atoms with E-state index in [1.807, 2.05) is 21.0 Å². The summed E-state index contributed by atoms with van der Waals surface area (Å²) in [7, 11) is 4.03. The third-order valence-corrected chi connectivity index (χ3v) is 7.63. The van der Waals surface area contributed by atoms with Crippen LogP contribution in [-0.4, -0.2) is 50.2 Å². The second kappa shape index (κ2) is 26.1. The summed E-state index contributed by atoms with van der Waals surface area (Å²) in [4.78, 5) is 28.0. The fourth-order valence-electron chi connectivity index (χ4n) is 4.84. The Morgan fingerprint density at radius 2 is 1.05 bits per heavy atom. The molecule has 0 aliphatic rings. The smallest absolute Gasteiger partial charge is 0.309 e.